The zero-order valence-electron chi connectivity index (χ0n) is 26.4. The maximum atomic E-state index is 13.0. The Bertz CT molecular complexity index is 1050. The minimum atomic E-state index is -0.737. The maximum Gasteiger partial charge on any atom is 0.138 e. The number of carbonyl (C=O) groups excluding carboxylic acids is 1. The summed E-state index contributed by atoms with van der Waals surface area (Å²) >= 11 is 2.26. The van der Waals surface area contributed by atoms with E-state index >= 15 is 0 Å². The second-order valence-corrected chi connectivity index (χ2v) is 12.5. The van der Waals surface area contributed by atoms with Gasteiger partial charge in [-0.3, -0.25) is 4.79 Å². The summed E-state index contributed by atoms with van der Waals surface area (Å²) in [6.07, 6.45) is 3.74. The monoisotopic (exact) mass is 694 g/mol. The number of halogens is 1. The number of hydrogen-bond donors (Lipinski definition) is 1. The summed E-state index contributed by atoms with van der Waals surface area (Å²) in [5, 5.41) is 10.9. The molecule has 1 N–H and O–H groups in total. The number of ether oxygens (including phenoxy) is 4. The molecule has 42 heavy (non-hydrogen) atoms. The molecule has 0 bridgehead atoms. The Morgan fingerprint density at radius 3 is 1.93 bits per heavy atom. The standard InChI is InChI=1S/C35H51IO6/c1-24(20-26(3)35(25(2)18-19-36)42-23-30-11-15-32(40-7)16-12-30)8-17-33(37)28(5)34(38)27(4)21-41-22-29-9-13-31(39-6)14-10-29/h9-16,18-19,24-28,34-35,38H,8,17,20-23H2,1-7H3/b19-18-/t24-,25-,26-,27-,28-,34-,35-/m0/s1. The molecule has 0 heterocycles. The smallest absolute Gasteiger partial charge is 0.138 e. The predicted molar refractivity (Wildman–Crippen MR) is 178 cm³/mol. The van der Waals surface area contributed by atoms with Crippen LogP contribution in [-0.2, 0) is 27.5 Å². The summed E-state index contributed by atoms with van der Waals surface area (Å²) in [6, 6.07) is 15.7. The molecule has 0 unspecified atom stereocenters. The number of rotatable bonds is 20. The van der Waals surface area contributed by atoms with Crippen LogP contribution in [0.5, 0.6) is 11.5 Å². The van der Waals surface area contributed by atoms with Crippen LogP contribution in [0.2, 0.25) is 0 Å². The highest BCUT2D eigenvalue weighted by atomic mass is 127. The molecule has 2 aromatic carbocycles. The first-order valence-corrected chi connectivity index (χ1v) is 16.3. The van der Waals surface area contributed by atoms with Crippen LogP contribution >= 0.6 is 22.6 Å². The Hall–Kier alpha value is -1.94. The van der Waals surface area contributed by atoms with E-state index in [4.69, 9.17) is 18.9 Å². The number of hydrogen-bond acceptors (Lipinski definition) is 6. The van der Waals surface area contributed by atoms with E-state index in [1.165, 1.54) is 0 Å². The van der Waals surface area contributed by atoms with Gasteiger partial charge in [0.2, 0.25) is 0 Å². The van der Waals surface area contributed by atoms with Crippen LogP contribution in [0.1, 0.15) is 65.0 Å². The Kier molecular flexibility index (Phi) is 16.7. The molecule has 7 atom stereocenters. The molecule has 0 aliphatic heterocycles. The van der Waals surface area contributed by atoms with Crippen LogP contribution in [0.15, 0.2) is 58.7 Å². The van der Waals surface area contributed by atoms with Gasteiger partial charge in [-0.05, 0) is 64.2 Å². The van der Waals surface area contributed by atoms with Crippen molar-refractivity contribution in [2.75, 3.05) is 20.8 Å². The summed E-state index contributed by atoms with van der Waals surface area (Å²) in [5.74, 6) is 2.13. The van der Waals surface area contributed by atoms with Crippen molar-refractivity contribution in [3.05, 3.63) is 69.8 Å². The Balaban J connectivity index is 1.81. The first-order chi connectivity index (χ1) is 20.1. The number of methoxy groups -OCH3 is 2. The van der Waals surface area contributed by atoms with E-state index in [1.54, 1.807) is 14.2 Å². The quantitative estimate of drug-likeness (QED) is 0.142. The molecule has 0 fully saturated rings. The average molecular weight is 695 g/mol. The van der Waals surface area contributed by atoms with E-state index in [9.17, 15) is 9.90 Å². The number of ketones is 1. The van der Waals surface area contributed by atoms with Gasteiger partial charge >= 0.3 is 0 Å². The van der Waals surface area contributed by atoms with Gasteiger partial charge in [0.05, 0.1) is 46.2 Å². The van der Waals surface area contributed by atoms with Gasteiger partial charge in [0.25, 0.3) is 0 Å². The van der Waals surface area contributed by atoms with Crippen molar-refractivity contribution in [3.63, 3.8) is 0 Å². The fourth-order valence-corrected chi connectivity index (χ4v) is 6.00. The minimum absolute atomic E-state index is 0.0655. The van der Waals surface area contributed by atoms with Crippen LogP contribution in [0.4, 0.5) is 0 Å². The molecular weight excluding hydrogens is 643 g/mol. The molecule has 7 heteroatoms. The van der Waals surface area contributed by atoms with Crippen LogP contribution in [0.3, 0.4) is 0 Å². The lowest BCUT2D eigenvalue weighted by Crippen LogP contribution is -2.34. The van der Waals surface area contributed by atoms with Gasteiger partial charge in [0.1, 0.15) is 17.3 Å². The van der Waals surface area contributed by atoms with Crippen molar-refractivity contribution >= 4 is 28.4 Å². The third-order valence-electron chi connectivity index (χ3n) is 8.13. The number of aliphatic hydroxyl groups is 1. The first kappa shape index (κ1) is 36.3. The maximum absolute atomic E-state index is 13.0. The molecule has 2 aromatic rings. The van der Waals surface area contributed by atoms with Crippen molar-refractivity contribution in [1.82, 2.24) is 0 Å². The lowest BCUT2D eigenvalue weighted by molar-refractivity contribution is -0.127. The van der Waals surface area contributed by atoms with Crippen molar-refractivity contribution in [1.29, 1.82) is 0 Å². The van der Waals surface area contributed by atoms with Crippen LogP contribution in [0, 0.1) is 29.6 Å². The third-order valence-corrected chi connectivity index (χ3v) is 8.54. The molecule has 0 spiro atoms. The Labute approximate surface area is 267 Å². The topological polar surface area (TPSA) is 74.2 Å². The average Bonchev–Trinajstić information content (AvgIpc) is 2.99. The molecule has 0 saturated heterocycles. The summed E-state index contributed by atoms with van der Waals surface area (Å²) < 4.78 is 24.8. The highest BCUT2D eigenvalue weighted by Crippen LogP contribution is 2.28. The Morgan fingerprint density at radius 1 is 0.857 bits per heavy atom. The van der Waals surface area contributed by atoms with Gasteiger partial charge in [0, 0.05) is 24.2 Å². The van der Waals surface area contributed by atoms with E-state index in [-0.39, 0.29) is 23.7 Å². The molecule has 2 rings (SSSR count). The van der Waals surface area contributed by atoms with Crippen LogP contribution in [-0.4, -0.2) is 43.9 Å². The van der Waals surface area contributed by atoms with Gasteiger partial charge in [0.15, 0.2) is 0 Å². The van der Waals surface area contributed by atoms with Gasteiger partial charge in [-0.1, -0.05) is 87.6 Å². The largest absolute Gasteiger partial charge is 0.497 e. The molecule has 6 nitrogen and oxygen atoms in total. The molecule has 0 aromatic heterocycles. The van der Waals surface area contributed by atoms with E-state index in [0.29, 0.717) is 38.1 Å². The zero-order valence-corrected chi connectivity index (χ0v) is 28.6. The van der Waals surface area contributed by atoms with Gasteiger partial charge < -0.3 is 24.1 Å². The lowest BCUT2D eigenvalue weighted by atomic mass is 9.83. The number of carbonyl (C=O) groups is 1. The second kappa shape index (κ2) is 19.4. The van der Waals surface area contributed by atoms with Crippen molar-refractivity contribution in [2.24, 2.45) is 29.6 Å². The fraction of sp³-hybridized carbons (Fsp3) is 0.571. The molecule has 0 aliphatic rings. The van der Waals surface area contributed by atoms with E-state index in [0.717, 1.165) is 35.5 Å². The van der Waals surface area contributed by atoms with E-state index in [2.05, 4.69) is 53.5 Å². The molecule has 0 aliphatic carbocycles. The van der Waals surface area contributed by atoms with Gasteiger partial charge in [-0.15, -0.1) is 0 Å². The summed E-state index contributed by atoms with van der Waals surface area (Å²) in [4.78, 5) is 13.0. The third kappa shape index (κ3) is 12.3. The van der Waals surface area contributed by atoms with E-state index < -0.39 is 12.0 Å². The van der Waals surface area contributed by atoms with Crippen molar-refractivity contribution in [3.8, 4) is 11.5 Å². The second-order valence-electron chi connectivity index (χ2n) is 11.7. The highest BCUT2D eigenvalue weighted by molar-refractivity contribution is 14.1. The van der Waals surface area contributed by atoms with E-state index in [1.807, 2.05) is 62.4 Å². The molecule has 234 valence electrons. The minimum Gasteiger partial charge on any atom is -0.497 e. The lowest BCUT2D eigenvalue weighted by Gasteiger charge is -2.30. The SMILES string of the molecule is COc1ccc(COC[C@H](C)[C@H](O)[C@@H](C)C(=O)CC[C@H](C)C[C@H](C)[C@@H](OCc2ccc(OC)cc2)[C@@H](C)/C=C\I)cc1. The summed E-state index contributed by atoms with van der Waals surface area (Å²) in [6.45, 7) is 11.8. The van der Waals surface area contributed by atoms with Gasteiger partial charge in [-0.25, -0.2) is 0 Å². The predicted octanol–water partition coefficient (Wildman–Crippen LogP) is 8.04. The summed E-state index contributed by atoms with van der Waals surface area (Å²) in [5.41, 5.74) is 2.16. The van der Waals surface area contributed by atoms with Crippen molar-refractivity contribution < 1.29 is 28.8 Å². The number of benzene rings is 2. The summed E-state index contributed by atoms with van der Waals surface area (Å²) in [7, 11) is 3.31. The molecule has 0 saturated carbocycles. The normalized spacial score (nSPS) is 16.8. The molecule has 0 radical (unpaired) electrons. The zero-order chi connectivity index (χ0) is 31.1. The van der Waals surface area contributed by atoms with Crippen LogP contribution in [0.25, 0.3) is 0 Å². The van der Waals surface area contributed by atoms with Crippen LogP contribution < -0.4 is 9.47 Å². The Morgan fingerprint density at radius 2 is 1.40 bits per heavy atom. The number of aliphatic hydroxyl groups excluding tert-OH is 1. The molecule has 0 amide bonds. The van der Waals surface area contributed by atoms with Crippen molar-refractivity contribution in [2.45, 2.75) is 79.3 Å². The first-order valence-electron chi connectivity index (χ1n) is 15.0. The number of Topliss-reactive ketones (excluding diaryl/α,β-unsaturated/α-hetero) is 1. The molecular formula is C35H51IO6. The highest BCUT2D eigenvalue weighted by Gasteiger charge is 2.28. The van der Waals surface area contributed by atoms with Gasteiger partial charge in [-0.2, -0.15) is 0 Å². The fourth-order valence-electron chi connectivity index (χ4n) is 5.34.